The van der Waals surface area contributed by atoms with Crippen molar-refractivity contribution in [2.45, 2.75) is 10.8 Å². The van der Waals surface area contributed by atoms with Crippen LogP contribution in [-0.2, 0) is 5.75 Å². The van der Waals surface area contributed by atoms with Crippen LogP contribution in [0.5, 0.6) is 0 Å². The molecule has 0 radical (unpaired) electrons. The van der Waals surface area contributed by atoms with Crippen LogP contribution in [0, 0.1) is 0 Å². The van der Waals surface area contributed by atoms with E-state index in [0.29, 0.717) is 10.8 Å². The third-order valence-electron chi connectivity index (χ3n) is 3.57. The summed E-state index contributed by atoms with van der Waals surface area (Å²) >= 11 is 7.64. The van der Waals surface area contributed by atoms with Gasteiger partial charge in [0.15, 0.2) is 11.5 Å². The molecule has 0 N–H and O–H groups in total. The minimum atomic E-state index is 0.694. The summed E-state index contributed by atoms with van der Waals surface area (Å²) in [6, 6.07) is 21.8. The summed E-state index contributed by atoms with van der Waals surface area (Å²) in [7, 11) is 0. The Morgan fingerprint density at radius 3 is 2.46 bits per heavy atom. The van der Waals surface area contributed by atoms with Crippen LogP contribution in [0.1, 0.15) is 5.56 Å². The third-order valence-corrected chi connectivity index (χ3v) is 4.81. The fourth-order valence-electron chi connectivity index (χ4n) is 2.36. The van der Waals surface area contributed by atoms with E-state index in [1.54, 1.807) is 16.3 Å². The van der Waals surface area contributed by atoms with Crippen molar-refractivity contribution in [2.75, 3.05) is 0 Å². The predicted molar refractivity (Wildman–Crippen MR) is 97.2 cm³/mol. The molecule has 0 fully saturated rings. The summed E-state index contributed by atoms with van der Waals surface area (Å²) in [6.45, 7) is 0. The van der Waals surface area contributed by atoms with E-state index in [1.165, 1.54) is 5.56 Å². The van der Waals surface area contributed by atoms with Crippen LogP contribution in [-0.4, -0.2) is 19.8 Å². The van der Waals surface area contributed by atoms with Gasteiger partial charge in [-0.05, 0) is 42.0 Å². The maximum absolute atomic E-state index is 5.95. The highest BCUT2D eigenvalue weighted by Crippen LogP contribution is 2.24. The van der Waals surface area contributed by atoms with Gasteiger partial charge in [0.2, 0.25) is 0 Å². The van der Waals surface area contributed by atoms with E-state index in [1.807, 2.05) is 54.6 Å². The van der Waals surface area contributed by atoms with E-state index in [4.69, 9.17) is 11.6 Å². The van der Waals surface area contributed by atoms with E-state index in [0.717, 1.165) is 22.0 Å². The molecule has 0 amide bonds. The molecule has 0 bridgehead atoms. The van der Waals surface area contributed by atoms with Gasteiger partial charge in [-0.25, -0.2) is 0 Å². The topological polar surface area (TPSA) is 43.1 Å². The van der Waals surface area contributed by atoms with E-state index < -0.39 is 0 Å². The first-order valence-electron chi connectivity index (χ1n) is 7.45. The molecule has 0 saturated heterocycles. The Kier molecular flexibility index (Phi) is 4.19. The fourth-order valence-corrected chi connectivity index (χ4v) is 3.30. The van der Waals surface area contributed by atoms with Gasteiger partial charge >= 0.3 is 0 Å². The average molecular weight is 353 g/mol. The largest absolute Gasteiger partial charge is 0.192 e. The van der Waals surface area contributed by atoms with Crippen molar-refractivity contribution in [2.24, 2.45) is 0 Å². The second-order valence-electron chi connectivity index (χ2n) is 5.25. The smallest absolute Gasteiger partial charge is 0.185 e. The number of rotatable bonds is 4. The summed E-state index contributed by atoms with van der Waals surface area (Å²) in [6.07, 6.45) is 0. The van der Waals surface area contributed by atoms with Gasteiger partial charge in [-0.3, -0.25) is 0 Å². The fraction of sp³-hybridized carbons (Fsp3) is 0.0556. The zero-order valence-corrected chi connectivity index (χ0v) is 14.2. The van der Waals surface area contributed by atoms with Crippen molar-refractivity contribution >= 4 is 29.0 Å². The first kappa shape index (κ1) is 15.2. The van der Waals surface area contributed by atoms with Crippen LogP contribution in [0.2, 0.25) is 5.02 Å². The molecule has 0 spiro atoms. The molecule has 2 aromatic heterocycles. The van der Waals surface area contributed by atoms with E-state index in [2.05, 4.69) is 27.4 Å². The maximum Gasteiger partial charge on any atom is 0.185 e. The molecule has 24 heavy (non-hydrogen) atoms. The lowest BCUT2D eigenvalue weighted by Crippen LogP contribution is -1.96. The van der Waals surface area contributed by atoms with Crippen LogP contribution in [0.3, 0.4) is 0 Å². The normalized spacial score (nSPS) is 11.0. The van der Waals surface area contributed by atoms with Crippen LogP contribution < -0.4 is 0 Å². The quantitative estimate of drug-likeness (QED) is 0.498. The molecule has 0 aliphatic rings. The minimum Gasteiger partial charge on any atom is -0.192 e. The summed E-state index contributed by atoms with van der Waals surface area (Å²) in [5.41, 5.74) is 2.93. The minimum absolute atomic E-state index is 0.694. The zero-order valence-electron chi connectivity index (χ0n) is 12.6. The molecule has 2 heterocycles. The zero-order chi connectivity index (χ0) is 16.4. The Balaban J connectivity index is 1.64. The molecule has 118 valence electrons. The lowest BCUT2D eigenvalue weighted by atomic mass is 10.2. The van der Waals surface area contributed by atoms with Gasteiger partial charge in [-0.15, -0.1) is 10.2 Å². The van der Waals surface area contributed by atoms with Gasteiger partial charge in [-0.1, -0.05) is 53.7 Å². The third kappa shape index (κ3) is 3.13. The van der Waals surface area contributed by atoms with E-state index in [-0.39, 0.29) is 0 Å². The van der Waals surface area contributed by atoms with Crippen molar-refractivity contribution < 1.29 is 0 Å². The molecular formula is C18H13ClN4S. The second kappa shape index (κ2) is 6.63. The number of hydrogen-bond acceptors (Lipinski definition) is 4. The molecule has 0 unspecified atom stereocenters. The molecule has 4 aromatic rings. The molecule has 4 rings (SSSR count). The Bertz CT molecular complexity index is 967. The van der Waals surface area contributed by atoms with Crippen molar-refractivity contribution in [3.8, 4) is 11.4 Å². The first-order valence-corrected chi connectivity index (χ1v) is 8.81. The SMILES string of the molecule is Clc1ccc(-c2nnc3ccc(SCc4ccccc4)nn23)cc1. The van der Waals surface area contributed by atoms with Gasteiger partial charge in [0.1, 0.15) is 5.03 Å². The number of hydrogen-bond donors (Lipinski definition) is 0. The van der Waals surface area contributed by atoms with E-state index >= 15 is 0 Å². The Labute approximate surface area is 148 Å². The standard InChI is InChI=1S/C18H13ClN4S/c19-15-8-6-14(7-9-15)18-21-20-16-10-11-17(22-23(16)18)24-12-13-4-2-1-3-5-13/h1-11H,12H2. The average Bonchev–Trinajstić information content (AvgIpc) is 3.05. The molecule has 4 nitrogen and oxygen atoms in total. The number of thioether (sulfide) groups is 1. The van der Waals surface area contributed by atoms with Gasteiger partial charge in [0.05, 0.1) is 0 Å². The number of nitrogens with zero attached hydrogens (tertiary/aromatic N) is 4. The summed E-state index contributed by atoms with van der Waals surface area (Å²) < 4.78 is 1.77. The molecule has 2 aromatic carbocycles. The molecule has 0 saturated carbocycles. The monoisotopic (exact) mass is 352 g/mol. The van der Waals surface area contributed by atoms with Gasteiger partial charge in [0, 0.05) is 16.3 Å². The van der Waals surface area contributed by atoms with Gasteiger partial charge < -0.3 is 0 Å². The van der Waals surface area contributed by atoms with Crippen LogP contribution in [0.15, 0.2) is 71.8 Å². The van der Waals surface area contributed by atoms with Gasteiger partial charge in [0.25, 0.3) is 0 Å². The maximum atomic E-state index is 5.95. The first-order chi connectivity index (χ1) is 11.8. The highest BCUT2D eigenvalue weighted by molar-refractivity contribution is 7.98. The Hall–Kier alpha value is -2.37. The van der Waals surface area contributed by atoms with Crippen molar-refractivity contribution in [1.82, 2.24) is 19.8 Å². The Morgan fingerprint density at radius 2 is 1.67 bits per heavy atom. The molecule has 0 aliphatic carbocycles. The van der Waals surface area contributed by atoms with Crippen LogP contribution >= 0.6 is 23.4 Å². The summed E-state index contributed by atoms with van der Waals surface area (Å²) in [5, 5.41) is 14.7. The van der Waals surface area contributed by atoms with Crippen LogP contribution in [0.25, 0.3) is 17.0 Å². The summed E-state index contributed by atoms with van der Waals surface area (Å²) in [4.78, 5) is 0. The second-order valence-corrected chi connectivity index (χ2v) is 6.68. The highest BCUT2D eigenvalue weighted by atomic mass is 35.5. The number of fused-ring (bicyclic) bond motifs is 1. The number of aromatic nitrogens is 4. The van der Waals surface area contributed by atoms with Crippen molar-refractivity contribution in [3.05, 3.63) is 77.3 Å². The predicted octanol–water partition coefficient (Wildman–Crippen LogP) is 4.74. The molecule has 6 heteroatoms. The number of halogens is 1. The summed E-state index contributed by atoms with van der Waals surface area (Å²) in [5.74, 6) is 1.58. The lowest BCUT2D eigenvalue weighted by molar-refractivity contribution is 0.860. The van der Waals surface area contributed by atoms with E-state index in [9.17, 15) is 0 Å². The molecule has 0 atom stereocenters. The highest BCUT2D eigenvalue weighted by Gasteiger charge is 2.10. The lowest BCUT2D eigenvalue weighted by Gasteiger charge is -2.03. The molecular weight excluding hydrogens is 340 g/mol. The Morgan fingerprint density at radius 1 is 0.875 bits per heavy atom. The van der Waals surface area contributed by atoms with Crippen molar-refractivity contribution in [3.63, 3.8) is 0 Å². The molecule has 0 aliphatic heterocycles. The van der Waals surface area contributed by atoms with Crippen LogP contribution in [0.4, 0.5) is 0 Å². The van der Waals surface area contributed by atoms with Gasteiger partial charge in [-0.2, -0.15) is 9.61 Å². The van der Waals surface area contributed by atoms with Crippen molar-refractivity contribution in [1.29, 1.82) is 0 Å². The number of benzene rings is 2.